The number of hydrogen-bond acceptors (Lipinski definition) is 4. The van der Waals surface area contributed by atoms with Gasteiger partial charge in [-0.2, -0.15) is 5.10 Å². The van der Waals surface area contributed by atoms with E-state index in [0.717, 1.165) is 18.4 Å². The molecule has 1 aliphatic carbocycles. The van der Waals surface area contributed by atoms with E-state index in [1.807, 2.05) is 31.2 Å². The van der Waals surface area contributed by atoms with Crippen molar-refractivity contribution >= 4 is 5.91 Å². The number of aromatic nitrogens is 3. The molecule has 0 aliphatic heterocycles. The van der Waals surface area contributed by atoms with Crippen molar-refractivity contribution in [1.82, 2.24) is 20.5 Å². The summed E-state index contributed by atoms with van der Waals surface area (Å²) in [5.74, 6) is 6.08. The fraction of sp³-hybridized carbons (Fsp3) is 0.389. The van der Waals surface area contributed by atoms with Gasteiger partial charge >= 0.3 is 0 Å². The zero-order chi connectivity index (χ0) is 17.0. The molecule has 1 fully saturated rings. The molecule has 0 saturated heterocycles. The Morgan fingerprint density at radius 1 is 1.50 bits per heavy atom. The average Bonchev–Trinajstić information content (AvgIpc) is 3.07. The summed E-state index contributed by atoms with van der Waals surface area (Å²) in [4.78, 5) is 15.9. The van der Waals surface area contributed by atoms with Gasteiger partial charge in [-0.05, 0) is 43.9 Å². The van der Waals surface area contributed by atoms with Gasteiger partial charge in [0.25, 0.3) is 5.91 Å². The van der Waals surface area contributed by atoms with Crippen molar-refractivity contribution in [2.75, 3.05) is 0 Å². The van der Waals surface area contributed by atoms with Crippen LogP contribution in [0.15, 0.2) is 30.6 Å². The maximum Gasteiger partial charge on any atom is 0.290 e. The van der Waals surface area contributed by atoms with Crippen molar-refractivity contribution in [3.05, 3.63) is 47.5 Å². The lowest BCUT2D eigenvalue weighted by molar-refractivity contribution is -0.0314. The van der Waals surface area contributed by atoms with Crippen LogP contribution in [-0.2, 0) is 0 Å². The van der Waals surface area contributed by atoms with Gasteiger partial charge < -0.3 is 10.4 Å². The van der Waals surface area contributed by atoms with Crippen LogP contribution in [0.4, 0.5) is 0 Å². The van der Waals surface area contributed by atoms with Crippen molar-refractivity contribution in [3.63, 3.8) is 0 Å². The fourth-order valence-electron chi connectivity index (χ4n) is 2.98. The first-order chi connectivity index (χ1) is 11.5. The first-order valence-electron chi connectivity index (χ1n) is 8.02. The second-order valence-corrected chi connectivity index (χ2v) is 6.25. The van der Waals surface area contributed by atoms with E-state index < -0.39 is 11.6 Å². The van der Waals surface area contributed by atoms with E-state index in [9.17, 15) is 9.90 Å². The van der Waals surface area contributed by atoms with E-state index in [1.165, 1.54) is 11.9 Å². The van der Waals surface area contributed by atoms with Crippen molar-refractivity contribution < 1.29 is 9.90 Å². The van der Waals surface area contributed by atoms with Crippen molar-refractivity contribution in [1.29, 1.82) is 0 Å². The molecule has 2 atom stereocenters. The topological polar surface area (TPSA) is 90.9 Å². The van der Waals surface area contributed by atoms with Crippen molar-refractivity contribution in [2.45, 2.75) is 38.3 Å². The molecule has 1 aromatic heterocycles. The van der Waals surface area contributed by atoms with Crippen LogP contribution in [0.2, 0.25) is 0 Å². The second-order valence-electron chi connectivity index (χ2n) is 6.25. The molecule has 0 radical (unpaired) electrons. The summed E-state index contributed by atoms with van der Waals surface area (Å²) in [7, 11) is 0. The molecule has 1 aromatic carbocycles. The van der Waals surface area contributed by atoms with Gasteiger partial charge in [0, 0.05) is 17.9 Å². The van der Waals surface area contributed by atoms with Crippen LogP contribution < -0.4 is 5.32 Å². The number of nitrogens with one attached hydrogen (secondary N) is 2. The number of aliphatic hydroxyl groups is 1. The van der Waals surface area contributed by atoms with Crippen LogP contribution >= 0.6 is 0 Å². The van der Waals surface area contributed by atoms with Crippen LogP contribution in [0.3, 0.4) is 0 Å². The first-order valence-corrected chi connectivity index (χ1v) is 8.02. The summed E-state index contributed by atoms with van der Waals surface area (Å²) in [6.07, 6.45) is 3.90. The normalized spacial score (nSPS) is 23.2. The third-order valence-electron chi connectivity index (χ3n) is 4.14. The molecule has 0 unspecified atom stereocenters. The minimum absolute atomic E-state index is 0.0410. The van der Waals surface area contributed by atoms with Gasteiger partial charge in [-0.1, -0.05) is 24.0 Å². The highest BCUT2D eigenvalue weighted by Crippen LogP contribution is 2.30. The fourth-order valence-corrected chi connectivity index (χ4v) is 2.98. The molecule has 1 amide bonds. The number of carbonyl (C=O) groups excluding carboxylic acids is 1. The molecule has 24 heavy (non-hydrogen) atoms. The molecule has 1 saturated carbocycles. The van der Waals surface area contributed by atoms with E-state index in [4.69, 9.17) is 0 Å². The largest absolute Gasteiger partial charge is 0.371 e. The molecule has 0 bridgehead atoms. The predicted octanol–water partition coefficient (Wildman–Crippen LogP) is 1.77. The van der Waals surface area contributed by atoms with Gasteiger partial charge in [-0.15, -0.1) is 0 Å². The number of H-pyrrole nitrogens is 1. The molecule has 1 heterocycles. The summed E-state index contributed by atoms with van der Waals surface area (Å²) in [6, 6.07) is 8.02. The number of hydrogen-bond donors (Lipinski definition) is 3. The number of carbonyl (C=O) groups is 1. The quantitative estimate of drug-likeness (QED) is 0.580. The Balaban J connectivity index is 1.66. The molecule has 124 valence electrons. The Morgan fingerprint density at radius 2 is 2.38 bits per heavy atom. The third kappa shape index (κ3) is 4.00. The second kappa shape index (κ2) is 6.85. The highest BCUT2D eigenvalue weighted by molar-refractivity contribution is 5.90. The summed E-state index contributed by atoms with van der Waals surface area (Å²) < 4.78 is 0. The number of benzene rings is 1. The molecular formula is C18H20N4O2. The molecular weight excluding hydrogens is 304 g/mol. The predicted molar refractivity (Wildman–Crippen MR) is 88.8 cm³/mol. The maximum atomic E-state index is 12.1. The van der Waals surface area contributed by atoms with E-state index in [1.54, 1.807) is 0 Å². The van der Waals surface area contributed by atoms with Crippen molar-refractivity contribution in [3.8, 4) is 11.8 Å². The van der Waals surface area contributed by atoms with Gasteiger partial charge in [-0.25, -0.2) is 4.98 Å². The highest BCUT2D eigenvalue weighted by Gasteiger charge is 2.35. The molecule has 6 heteroatoms. The van der Waals surface area contributed by atoms with Gasteiger partial charge in [0.05, 0.1) is 0 Å². The SMILES string of the molecule is Cc1cccc(C#C[C@@H]2CCC[C@](O)(NC(=O)c3ncn[nH]3)C2)c1. The van der Waals surface area contributed by atoms with E-state index in [2.05, 4.69) is 32.3 Å². The van der Waals surface area contributed by atoms with Crippen LogP contribution in [0.25, 0.3) is 0 Å². The minimum atomic E-state index is -1.26. The Labute approximate surface area is 140 Å². The zero-order valence-corrected chi connectivity index (χ0v) is 13.5. The van der Waals surface area contributed by atoms with Gasteiger partial charge in [0.2, 0.25) is 5.82 Å². The lowest BCUT2D eigenvalue weighted by Gasteiger charge is -2.35. The van der Waals surface area contributed by atoms with Gasteiger partial charge in [0.15, 0.2) is 0 Å². The Hall–Kier alpha value is -2.65. The number of nitrogens with zero attached hydrogens (tertiary/aromatic N) is 2. The Bertz CT molecular complexity index is 776. The standard InChI is InChI=1S/C18H20N4O2/c1-13-4-2-5-14(10-13)7-8-15-6-3-9-18(24,11-15)21-17(23)16-19-12-20-22-16/h2,4-5,10,12,15,24H,3,6,9,11H2,1H3,(H,21,23)(H,19,20,22)/t15-,18+/m0/s1. The van der Waals surface area contributed by atoms with Gasteiger partial charge in [-0.3, -0.25) is 9.89 Å². The zero-order valence-electron chi connectivity index (χ0n) is 13.5. The van der Waals surface area contributed by atoms with Crippen molar-refractivity contribution in [2.24, 2.45) is 5.92 Å². The maximum absolute atomic E-state index is 12.1. The summed E-state index contributed by atoms with van der Waals surface area (Å²) in [6.45, 7) is 2.03. The number of rotatable bonds is 2. The molecule has 0 spiro atoms. The molecule has 3 N–H and O–H groups in total. The Morgan fingerprint density at radius 3 is 3.12 bits per heavy atom. The number of aromatic amines is 1. The number of aryl methyl sites for hydroxylation is 1. The molecule has 2 aromatic rings. The molecule has 1 aliphatic rings. The number of amides is 1. The molecule has 3 rings (SSSR count). The van der Waals surface area contributed by atoms with Crippen LogP contribution in [0.1, 0.15) is 47.4 Å². The summed E-state index contributed by atoms with van der Waals surface area (Å²) in [5, 5.41) is 19.5. The third-order valence-corrected chi connectivity index (χ3v) is 4.14. The highest BCUT2D eigenvalue weighted by atomic mass is 16.3. The van der Waals surface area contributed by atoms with Gasteiger partial charge in [0.1, 0.15) is 12.1 Å². The van der Waals surface area contributed by atoms with Crippen LogP contribution in [-0.4, -0.2) is 31.9 Å². The molecule has 6 nitrogen and oxygen atoms in total. The lowest BCUT2D eigenvalue weighted by Crippen LogP contribution is -2.51. The summed E-state index contributed by atoms with van der Waals surface area (Å²) >= 11 is 0. The monoisotopic (exact) mass is 324 g/mol. The smallest absolute Gasteiger partial charge is 0.290 e. The van der Waals surface area contributed by atoms with E-state index in [0.29, 0.717) is 12.8 Å². The van der Waals surface area contributed by atoms with E-state index >= 15 is 0 Å². The van der Waals surface area contributed by atoms with Crippen LogP contribution in [0, 0.1) is 24.7 Å². The first kappa shape index (κ1) is 16.2. The lowest BCUT2D eigenvalue weighted by atomic mass is 9.83. The summed E-state index contributed by atoms with van der Waals surface area (Å²) in [5.41, 5.74) is 0.879. The minimum Gasteiger partial charge on any atom is -0.371 e. The Kier molecular flexibility index (Phi) is 4.63. The average molecular weight is 324 g/mol. The van der Waals surface area contributed by atoms with Crippen LogP contribution in [0.5, 0.6) is 0 Å². The van der Waals surface area contributed by atoms with E-state index in [-0.39, 0.29) is 11.7 Å².